The van der Waals surface area contributed by atoms with Crippen molar-refractivity contribution < 1.29 is 14.3 Å². The minimum absolute atomic E-state index is 0.000769. The number of amides is 2. The van der Waals surface area contributed by atoms with Gasteiger partial charge >= 0.3 is 0 Å². The minimum Gasteiger partial charge on any atom is -0.497 e. The Morgan fingerprint density at radius 1 is 1.20 bits per heavy atom. The summed E-state index contributed by atoms with van der Waals surface area (Å²) in [5.41, 5.74) is 2.04. The first-order valence-corrected chi connectivity index (χ1v) is 8.73. The molecule has 0 saturated carbocycles. The number of para-hydroxylation sites is 1. The standard InChI is InChI=1S/C19H21BrN2O3/c1-4-22(13(2)23)12-14-7-5-6-8-18(14)21-19(24)16-11-15(25-3)9-10-17(16)20/h5-11H,4,12H2,1-3H3,(H,21,24). The third kappa shape index (κ3) is 4.82. The fourth-order valence-electron chi connectivity index (χ4n) is 2.43. The number of halogens is 1. The van der Waals surface area contributed by atoms with Crippen molar-refractivity contribution in [1.29, 1.82) is 0 Å². The molecular weight excluding hydrogens is 384 g/mol. The van der Waals surface area contributed by atoms with Crippen molar-refractivity contribution in [2.24, 2.45) is 0 Å². The second-order valence-corrected chi connectivity index (χ2v) is 6.34. The number of benzene rings is 2. The first-order chi connectivity index (χ1) is 12.0. The van der Waals surface area contributed by atoms with Gasteiger partial charge in [-0.2, -0.15) is 0 Å². The van der Waals surface area contributed by atoms with Crippen molar-refractivity contribution in [3.8, 4) is 5.75 Å². The van der Waals surface area contributed by atoms with Crippen LogP contribution in [-0.2, 0) is 11.3 Å². The van der Waals surface area contributed by atoms with E-state index < -0.39 is 0 Å². The van der Waals surface area contributed by atoms with Gasteiger partial charge in [0.15, 0.2) is 0 Å². The van der Waals surface area contributed by atoms with Gasteiger partial charge in [-0.15, -0.1) is 0 Å². The molecule has 0 fully saturated rings. The lowest BCUT2D eigenvalue weighted by Crippen LogP contribution is -2.28. The molecule has 2 amide bonds. The average molecular weight is 405 g/mol. The molecule has 2 aromatic carbocycles. The number of ether oxygens (including phenoxy) is 1. The quantitative estimate of drug-likeness (QED) is 0.788. The molecule has 0 spiro atoms. The maximum atomic E-state index is 12.7. The number of hydrogen-bond acceptors (Lipinski definition) is 3. The summed E-state index contributed by atoms with van der Waals surface area (Å²) in [5.74, 6) is 0.360. The van der Waals surface area contributed by atoms with Gasteiger partial charge < -0.3 is 15.0 Å². The van der Waals surface area contributed by atoms with Gasteiger partial charge in [0.25, 0.3) is 5.91 Å². The molecule has 0 bridgehead atoms. The van der Waals surface area contributed by atoms with E-state index in [2.05, 4.69) is 21.2 Å². The smallest absolute Gasteiger partial charge is 0.256 e. The number of nitrogens with zero attached hydrogens (tertiary/aromatic N) is 1. The third-order valence-corrected chi connectivity index (χ3v) is 4.56. The van der Waals surface area contributed by atoms with Crippen LogP contribution in [0.4, 0.5) is 5.69 Å². The highest BCUT2D eigenvalue weighted by Crippen LogP contribution is 2.25. The van der Waals surface area contributed by atoms with Gasteiger partial charge in [0.2, 0.25) is 5.91 Å². The van der Waals surface area contributed by atoms with Crippen LogP contribution in [0.2, 0.25) is 0 Å². The molecule has 132 valence electrons. The number of methoxy groups -OCH3 is 1. The summed E-state index contributed by atoms with van der Waals surface area (Å²) in [6.45, 7) is 4.52. The molecule has 0 radical (unpaired) electrons. The predicted molar refractivity (Wildman–Crippen MR) is 102 cm³/mol. The molecule has 2 rings (SSSR count). The van der Waals surface area contributed by atoms with Crippen LogP contribution < -0.4 is 10.1 Å². The Hall–Kier alpha value is -2.34. The number of carbonyl (C=O) groups is 2. The molecule has 2 aromatic rings. The lowest BCUT2D eigenvalue weighted by molar-refractivity contribution is -0.129. The zero-order valence-electron chi connectivity index (χ0n) is 14.5. The maximum absolute atomic E-state index is 12.7. The van der Waals surface area contributed by atoms with E-state index in [0.717, 1.165) is 5.56 Å². The van der Waals surface area contributed by atoms with E-state index in [4.69, 9.17) is 4.74 Å². The molecule has 1 N–H and O–H groups in total. The van der Waals surface area contributed by atoms with Crippen molar-refractivity contribution >= 4 is 33.4 Å². The van der Waals surface area contributed by atoms with Gasteiger partial charge in [-0.25, -0.2) is 0 Å². The summed E-state index contributed by atoms with van der Waals surface area (Å²) >= 11 is 3.39. The van der Waals surface area contributed by atoms with Crippen LogP contribution >= 0.6 is 15.9 Å². The fourth-order valence-corrected chi connectivity index (χ4v) is 2.85. The van der Waals surface area contributed by atoms with Crippen LogP contribution in [0.15, 0.2) is 46.9 Å². The molecule has 0 aliphatic carbocycles. The van der Waals surface area contributed by atoms with Crippen LogP contribution in [0.3, 0.4) is 0 Å². The molecule has 0 aliphatic heterocycles. The van der Waals surface area contributed by atoms with Gasteiger partial charge in [-0.1, -0.05) is 18.2 Å². The van der Waals surface area contributed by atoms with Crippen LogP contribution in [0, 0.1) is 0 Å². The second kappa shape index (κ2) is 8.67. The number of nitrogens with one attached hydrogen (secondary N) is 1. The van der Waals surface area contributed by atoms with Crippen LogP contribution in [-0.4, -0.2) is 30.4 Å². The summed E-state index contributed by atoms with van der Waals surface area (Å²) < 4.78 is 5.87. The molecule has 0 heterocycles. The molecule has 0 aliphatic rings. The van der Waals surface area contributed by atoms with E-state index in [1.165, 1.54) is 6.92 Å². The first kappa shape index (κ1) is 19.0. The highest BCUT2D eigenvalue weighted by atomic mass is 79.9. The third-order valence-electron chi connectivity index (χ3n) is 3.87. The lowest BCUT2D eigenvalue weighted by Gasteiger charge is -2.21. The SMILES string of the molecule is CCN(Cc1ccccc1NC(=O)c1cc(OC)ccc1Br)C(C)=O. The Bertz CT molecular complexity index is 777. The van der Waals surface area contributed by atoms with E-state index in [0.29, 0.717) is 34.6 Å². The molecule has 0 unspecified atom stereocenters. The average Bonchev–Trinajstić information content (AvgIpc) is 2.60. The van der Waals surface area contributed by atoms with Gasteiger partial charge in [0.1, 0.15) is 5.75 Å². The Labute approximate surface area is 156 Å². The molecule has 6 heteroatoms. The van der Waals surface area contributed by atoms with Crippen LogP contribution in [0.5, 0.6) is 5.75 Å². The number of anilines is 1. The zero-order valence-corrected chi connectivity index (χ0v) is 16.1. The molecule has 0 saturated heterocycles. The summed E-state index contributed by atoms with van der Waals surface area (Å²) in [6.07, 6.45) is 0. The molecule has 0 aromatic heterocycles. The largest absolute Gasteiger partial charge is 0.497 e. The van der Waals surface area contributed by atoms with Gasteiger partial charge in [0.05, 0.1) is 12.7 Å². The van der Waals surface area contributed by atoms with Crippen molar-refractivity contribution in [3.63, 3.8) is 0 Å². The summed E-state index contributed by atoms with van der Waals surface area (Å²) in [7, 11) is 1.56. The molecule has 5 nitrogen and oxygen atoms in total. The monoisotopic (exact) mass is 404 g/mol. The fraction of sp³-hybridized carbons (Fsp3) is 0.263. The second-order valence-electron chi connectivity index (χ2n) is 5.49. The Morgan fingerprint density at radius 2 is 1.92 bits per heavy atom. The maximum Gasteiger partial charge on any atom is 0.256 e. The summed E-state index contributed by atoms with van der Waals surface area (Å²) in [6, 6.07) is 12.7. The topological polar surface area (TPSA) is 58.6 Å². The van der Waals surface area contributed by atoms with Crippen molar-refractivity contribution in [1.82, 2.24) is 4.90 Å². The number of hydrogen-bond donors (Lipinski definition) is 1. The molecule has 25 heavy (non-hydrogen) atoms. The highest BCUT2D eigenvalue weighted by molar-refractivity contribution is 9.10. The van der Waals surface area contributed by atoms with E-state index in [-0.39, 0.29) is 11.8 Å². The van der Waals surface area contributed by atoms with Gasteiger partial charge in [-0.05, 0) is 52.7 Å². The van der Waals surface area contributed by atoms with Crippen molar-refractivity contribution in [2.45, 2.75) is 20.4 Å². The highest BCUT2D eigenvalue weighted by Gasteiger charge is 2.15. The Kier molecular flexibility index (Phi) is 6.58. The van der Waals surface area contributed by atoms with E-state index in [1.807, 2.05) is 31.2 Å². The van der Waals surface area contributed by atoms with Crippen molar-refractivity contribution in [3.05, 3.63) is 58.1 Å². The first-order valence-electron chi connectivity index (χ1n) is 7.94. The normalized spacial score (nSPS) is 10.2. The minimum atomic E-state index is -0.246. The number of carbonyl (C=O) groups excluding carboxylic acids is 2. The van der Waals surface area contributed by atoms with Crippen LogP contribution in [0.25, 0.3) is 0 Å². The predicted octanol–water partition coefficient (Wildman–Crippen LogP) is 4.08. The summed E-state index contributed by atoms with van der Waals surface area (Å²) in [5, 5.41) is 2.92. The van der Waals surface area contributed by atoms with Gasteiger partial charge in [0, 0.05) is 30.2 Å². The van der Waals surface area contributed by atoms with E-state index in [1.54, 1.807) is 30.2 Å². The lowest BCUT2D eigenvalue weighted by atomic mass is 10.1. The van der Waals surface area contributed by atoms with E-state index >= 15 is 0 Å². The molecule has 0 atom stereocenters. The Balaban J connectivity index is 2.26. The van der Waals surface area contributed by atoms with Crippen molar-refractivity contribution in [2.75, 3.05) is 19.0 Å². The van der Waals surface area contributed by atoms with Gasteiger partial charge in [-0.3, -0.25) is 9.59 Å². The van der Waals surface area contributed by atoms with E-state index in [9.17, 15) is 9.59 Å². The van der Waals surface area contributed by atoms with Crippen LogP contribution in [0.1, 0.15) is 29.8 Å². The Morgan fingerprint density at radius 3 is 2.56 bits per heavy atom. The number of rotatable bonds is 6. The summed E-state index contributed by atoms with van der Waals surface area (Å²) in [4.78, 5) is 26.1. The molecular formula is C19H21BrN2O3. The zero-order chi connectivity index (χ0) is 18.4.